The summed E-state index contributed by atoms with van der Waals surface area (Å²) in [5.41, 5.74) is 0.886. The molecule has 118 valence electrons. The molecular weight excluding hydrogens is 282 g/mol. The summed E-state index contributed by atoms with van der Waals surface area (Å²) in [4.78, 5) is 12.5. The molecule has 1 aromatic carbocycles. The summed E-state index contributed by atoms with van der Waals surface area (Å²) in [6.07, 6.45) is 0. The van der Waals surface area contributed by atoms with Crippen LogP contribution < -0.4 is 10.6 Å². The average molecular weight is 303 g/mol. The summed E-state index contributed by atoms with van der Waals surface area (Å²) in [6, 6.07) is 10.7. The topological polar surface area (TPSA) is 76.4 Å². The van der Waals surface area contributed by atoms with Gasteiger partial charge in [0.1, 0.15) is 11.8 Å². The normalized spacial score (nSPS) is 12.1. The summed E-state index contributed by atoms with van der Waals surface area (Å²) in [5, 5.41) is 9.74. The fourth-order valence-corrected chi connectivity index (χ4v) is 2.05. The van der Waals surface area contributed by atoms with Gasteiger partial charge >= 0.3 is 0 Å². The minimum Gasteiger partial charge on any atom is -0.380 e. The zero-order chi connectivity index (χ0) is 15.8. The molecule has 6 heteroatoms. The molecule has 0 aliphatic rings. The predicted molar refractivity (Wildman–Crippen MR) is 83.5 cm³/mol. The second-order valence-corrected chi connectivity index (χ2v) is 4.81. The van der Waals surface area contributed by atoms with Gasteiger partial charge in [0.15, 0.2) is 5.82 Å². The minimum atomic E-state index is -0.473. The van der Waals surface area contributed by atoms with E-state index >= 15 is 0 Å². The van der Waals surface area contributed by atoms with Crippen LogP contribution in [0.2, 0.25) is 0 Å². The van der Waals surface area contributed by atoms with Gasteiger partial charge in [0.25, 0.3) is 0 Å². The zero-order valence-electron chi connectivity index (χ0n) is 12.8. The van der Waals surface area contributed by atoms with Crippen LogP contribution in [0.1, 0.15) is 24.3 Å². The summed E-state index contributed by atoms with van der Waals surface area (Å²) >= 11 is 0. The van der Waals surface area contributed by atoms with Crippen molar-refractivity contribution in [1.82, 2.24) is 10.5 Å². The lowest BCUT2D eigenvalue weighted by Gasteiger charge is -2.18. The number of hydrogen-bond acceptors (Lipinski definition) is 5. The van der Waals surface area contributed by atoms with Crippen molar-refractivity contribution in [2.24, 2.45) is 0 Å². The molecule has 1 heterocycles. The van der Waals surface area contributed by atoms with Crippen LogP contribution in [0.15, 0.2) is 40.9 Å². The number of nitrogens with one attached hydrogen (secondary N) is 2. The van der Waals surface area contributed by atoms with Gasteiger partial charge < -0.3 is 14.6 Å². The molecule has 6 nitrogen and oxygen atoms in total. The van der Waals surface area contributed by atoms with E-state index in [4.69, 9.17) is 9.26 Å². The summed E-state index contributed by atoms with van der Waals surface area (Å²) < 4.78 is 10.3. The van der Waals surface area contributed by atoms with Crippen molar-refractivity contribution >= 4 is 11.7 Å². The predicted octanol–water partition coefficient (Wildman–Crippen LogP) is 2.29. The molecule has 1 aromatic heterocycles. The Kier molecular flexibility index (Phi) is 6.12. The lowest BCUT2D eigenvalue weighted by atomic mass is 10.1. The summed E-state index contributed by atoms with van der Waals surface area (Å²) in [5.74, 6) is 0.877. The Labute approximate surface area is 129 Å². The van der Waals surface area contributed by atoms with E-state index in [9.17, 15) is 4.79 Å². The molecule has 2 aromatic rings. The molecule has 1 atom stereocenters. The fraction of sp³-hybridized carbons (Fsp3) is 0.375. The van der Waals surface area contributed by atoms with Crippen molar-refractivity contribution in [1.29, 1.82) is 0 Å². The van der Waals surface area contributed by atoms with Gasteiger partial charge in [-0.05, 0) is 19.4 Å². The Bertz CT molecular complexity index is 583. The lowest BCUT2D eigenvalue weighted by Crippen LogP contribution is -2.35. The van der Waals surface area contributed by atoms with Gasteiger partial charge in [-0.25, -0.2) is 0 Å². The number of carbonyl (C=O) groups excluding carboxylic acids is 1. The lowest BCUT2D eigenvalue weighted by molar-refractivity contribution is -0.118. The van der Waals surface area contributed by atoms with Crippen molar-refractivity contribution in [3.8, 4) is 0 Å². The van der Waals surface area contributed by atoms with E-state index in [2.05, 4.69) is 15.8 Å². The van der Waals surface area contributed by atoms with Crippen LogP contribution in [0.5, 0.6) is 0 Å². The first-order valence-corrected chi connectivity index (χ1v) is 7.31. The van der Waals surface area contributed by atoms with Crippen LogP contribution >= 0.6 is 0 Å². The first-order chi connectivity index (χ1) is 10.7. The van der Waals surface area contributed by atoms with E-state index in [1.807, 2.05) is 37.3 Å². The highest BCUT2D eigenvalue weighted by atomic mass is 16.5. The van der Waals surface area contributed by atoms with Crippen molar-refractivity contribution in [2.75, 3.05) is 25.1 Å². The van der Waals surface area contributed by atoms with E-state index in [0.29, 0.717) is 31.3 Å². The Hall–Kier alpha value is -2.18. The van der Waals surface area contributed by atoms with Crippen LogP contribution in [0.25, 0.3) is 0 Å². The molecule has 0 saturated heterocycles. The minimum absolute atomic E-state index is 0.184. The van der Waals surface area contributed by atoms with Crippen molar-refractivity contribution in [3.05, 3.63) is 47.7 Å². The quantitative estimate of drug-likeness (QED) is 0.732. The molecule has 1 amide bonds. The molecule has 2 N–H and O–H groups in total. The first-order valence-electron chi connectivity index (χ1n) is 7.31. The molecule has 1 unspecified atom stereocenters. The number of hydrogen-bond donors (Lipinski definition) is 2. The number of aromatic nitrogens is 1. The maximum Gasteiger partial charge on any atom is 0.247 e. The number of benzene rings is 1. The molecule has 0 radical (unpaired) electrons. The van der Waals surface area contributed by atoms with Crippen LogP contribution in [0.3, 0.4) is 0 Å². The zero-order valence-corrected chi connectivity index (χ0v) is 12.8. The van der Waals surface area contributed by atoms with E-state index in [-0.39, 0.29) is 5.91 Å². The third-order valence-electron chi connectivity index (χ3n) is 3.07. The molecule has 22 heavy (non-hydrogen) atoms. The molecule has 2 rings (SSSR count). The Balaban J connectivity index is 2.04. The summed E-state index contributed by atoms with van der Waals surface area (Å²) in [7, 11) is 0. The van der Waals surface area contributed by atoms with Crippen LogP contribution in [-0.4, -0.2) is 30.8 Å². The number of nitrogens with zero attached hydrogens (tertiary/aromatic N) is 1. The molecule has 0 fully saturated rings. The van der Waals surface area contributed by atoms with Gasteiger partial charge in [-0.15, -0.1) is 0 Å². The van der Waals surface area contributed by atoms with Gasteiger partial charge in [0, 0.05) is 19.2 Å². The van der Waals surface area contributed by atoms with Crippen LogP contribution in [-0.2, 0) is 9.53 Å². The van der Waals surface area contributed by atoms with Gasteiger partial charge in [0.05, 0.1) is 6.61 Å². The van der Waals surface area contributed by atoms with Gasteiger partial charge in [-0.1, -0.05) is 35.5 Å². The van der Waals surface area contributed by atoms with E-state index < -0.39 is 6.04 Å². The van der Waals surface area contributed by atoms with Crippen molar-refractivity contribution in [2.45, 2.75) is 19.9 Å². The second kappa shape index (κ2) is 8.31. The number of rotatable bonds is 8. The van der Waals surface area contributed by atoms with Crippen molar-refractivity contribution < 1.29 is 14.1 Å². The molecular formula is C16H21N3O3. The highest BCUT2D eigenvalue weighted by Gasteiger charge is 2.20. The third kappa shape index (κ3) is 4.68. The SMILES string of the molecule is CCOCCNC(C(=O)Nc1cc(C)on1)c1ccccc1. The number of aryl methyl sites for hydroxylation is 1. The van der Waals surface area contributed by atoms with E-state index in [1.165, 1.54) is 0 Å². The first kappa shape index (κ1) is 16.2. The van der Waals surface area contributed by atoms with Gasteiger partial charge in [0.2, 0.25) is 5.91 Å². The number of carbonyl (C=O) groups is 1. The molecule has 0 aliphatic heterocycles. The highest BCUT2D eigenvalue weighted by Crippen LogP contribution is 2.16. The average Bonchev–Trinajstić information content (AvgIpc) is 2.93. The van der Waals surface area contributed by atoms with Crippen LogP contribution in [0, 0.1) is 6.92 Å². The monoisotopic (exact) mass is 303 g/mol. The smallest absolute Gasteiger partial charge is 0.247 e. The molecule has 0 spiro atoms. The van der Waals surface area contributed by atoms with E-state index in [0.717, 1.165) is 5.56 Å². The van der Waals surface area contributed by atoms with Crippen LogP contribution in [0.4, 0.5) is 5.82 Å². The maximum absolute atomic E-state index is 12.5. The Morgan fingerprint density at radius 2 is 2.14 bits per heavy atom. The molecule has 0 aliphatic carbocycles. The fourth-order valence-electron chi connectivity index (χ4n) is 2.05. The standard InChI is InChI=1S/C16H21N3O3/c1-3-21-10-9-17-15(13-7-5-4-6-8-13)16(20)18-14-11-12(2)22-19-14/h4-8,11,15,17H,3,9-10H2,1-2H3,(H,18,19,20). The number of ether oxygens (including phenoxy) is 1. The third-order valence-corrected chi connectivity index (χ3v) is 3.07. The Morgan fingerprint density at radius 3 is 2.77 bits per heavy atom. The molecule has 0 bridgehead atoms. The number of anilines is 1. The largest absolute Gasteiger partial charge is 0.380 e. The van der Waals surface area contributed by atoms with Crippen molar-refractivity contribution in [3.63, 3.8) is 0 Å². The number of amides is 1. The van der Waals surface area contributed by atoms with Gasteiger partial charge in [-0.3, -0.25) is 10.1 Å². The van der Waals surface area contributed by atoms with E-state index in [1.54, 1.807) is 13.0 Å². The Morgan fingerprint density at radius 1 is 1.36 bits per heavy atom. The van der Waals surface area contributed by atoms with Gasteiger partial charge in [-0.2, -0.15) is 0 Å². The second-order valence-electron chi connectivity index (χ2n) is 4.81. The highest BCUT2D eigenvalue weighted by molar-refractivity contribution is 5.94. The maximum atomic E-state index is 12.5. The molecule has 0 saturated carbocycles. The summed E-state index contributed by atoms with van der Waals surface area (Å²) in [6.45, 7) is 5.50.